The number of piperazine rings is 1. The number of hydrogen-bond donors (Lipinski definition) is 3. The third-order valence-corrected chi connectivity index (χ3v) is 7.28. The van der Waals surface area contributed by atoms with E-state index in [9.17, 15) is 18.8 Å². The Kier molecular flexibility index (Phi) is 7.02. The highest BCUT2D eigenvalue weighted by Gasteiger charge is 2.48. The molecule has 180 valence electrons. The molecule has 3 heterocycles. The number of amides is 3. The van der Waals surface area contributed by atoms with Gasteiger partial charge in [-0.3, -0.25) is 14.5 Å². The topological polar surface area (TPSA) is 105 Å². The number of halogens is 1. The molecule has 0 aliphatic carbocycles. The zero-order valence-electron chi connectivity index (χ0n) is 18.8. The molecule has 3 aliphatic rings. The van der Waals surface area contributed by atoms with Crippen LogP contribution in [0.15, 0.2) is 24.3 Å². The molecule has 0 bridgehead atoms. The fourth-order valence-electron chi connectivity index (χ4n) is 5.23. The van der Waals surface area contributed by atoms with Gasteiger partial charge in [0.1, 0.15) is 12.4 Å². The molecule has 0 radical (unpaired) electrons. The number of piperidine rings is 1. The number of anilines is 1. The number of nitrogens with one attached hydrogen (secondary N) is 2. The van der Waals surface area contributed by atoms with Crippen LogP contribution in [-0.2, 0) is 9.59 Å². The van der Waals surface area contributed by atoms with Crippen molar-refractivity contribution in [2.45, 2.75) is 31.7 Å². The van der Waals surface area contributed by atoms with E-state index >= 15 is 0 Å². The molecule has 4 rings (SSSR count). The smallest absolute Gasteiger partial charge is 0.405 e. The van der Waals surface area contributed by atoms with Crippen molar-refractivity contribution < 1.29 is 23.9 Å². The van der Waals surface area contributed by atoms with Gasteiger partial charge in [0.25, 0.3) is 0 Å². The van der Waals surface area contributed by atoms with Gasteiger partial charge < -0.3 is 25.5 Å². The van der Waals surface area contributed by atoms with E-state index in [0.29, 0.717) is 25.9 Å². The number of carbonyl (C=O) groups excluding carboxylic acids is 2. The van der Waals surface area contributed by atoms with Crippen LogP contribution in [-0.4, -0.2) is 91.2 Å². The summed E-state index contributed by atoms with van der Waals surface area (Å²) in [6.45, 7) is 5.31. The highest BCUT2D eigenvalue weighted by atomic mass is 19.1. The van der Waals surface area contributed by atoms with Crippen molar-refractivity contribution in [1.82, 2.24) is 20.4 Å². The molecule has 33 heavy (non-hydrogen) atoms. The summed E-state index contributed by atoms with van der Waals surface area (Å²) in [7, 11) is 0. The molecule has 1 aromatic rings. The monoisotopic (exact) mass is 461 g/mol. The number of hydrogen-bond acceptors (Lipinski definition) is 5. The van der Waals surface area contributed by atoms with Crippen molar-refractivity contribution in [2.24, 2.45) is 5.41 Å². The maximum atomic E-state index is 13.1. The van der Waals surface area contributed by atoms with Crippen molar-refractivity contribution >= 4 is 23.6 Å². The first-order valence-electron chi connectivity index (χ1n) is 11.6. The molecule has 3 saturated heterocycles. The lowest BCUT2D eigenvalue weighted by Crippen LogP contribution is -2.48. The number of nitrogens with zero attached hydrogens (tertiary/aromatic N) is 3. The van der Waals surface area contributed by atoms with E-state index in [2.05, 4.69) is 20.4 Å². The third-order valence-electron chi connectivity index (χ3n) is 7.28. The van der Waals surface area contributed by atoms with Gasteiger partial charge in [0.15, 0.2) is 0 Å². The minimum atomic E-state index is -1.22. The first-order valence-corrected chi connectivity index (χ1v) is 11.6. The molecule has 3 aliphatic heterocycles. The van der Waals surface area contributed by atoms with Gasteiger partial charge in [0.05, 0.1) is 5.41 Å². The fourth-order valence-corrected chi connectivity index (χ4v) is 5.23. The van der Waals surface area contributed by atoms with Crippen LogP contribution in [0.4, 0.5) is 14.9 Å². The van der Waals surface area contributed by atoms with Crippen molar-refractivity contribution in [3.05, 3.63) is 30.1 Å². The fraction of sp³-hybridized carbons (Fsp3) is 0.609. The average Bonchev–Trinajstić information content (AvgIpc) is 3.12. The Balaban J connectivity index is 1.19. The SMILES string of the molecule is O=C(O)NCC(=O)N1CCC2(CC1)CC(CCN1CCN(c3ccc(F)cc3)CC1)NC2=O. The summed E-state index contributed by atoms with van der Waals surface area (Å²) in [4.78, 5) is 41.8. The van der Waals surface area contributed by atoms with Crippen LogP contribution in [0.2, 0.25) is 0 Å². The van der Waals surface area contributed by atoms with Crippen molar-refractivity contribution in [3.8, 4) is 0 Å². The Morgan fingerprint density at radius 3 is 2.39 bits per heavy atom. The van der Waals surface area contributed by atoms with Gasteiger partial charge in [-0.25, -0.2) is 9.18 Å². The second-order valence-corrected chi connectivity index (χ2v) is 9.29. The second kappa shape index (κ2) is 9.94. The van der Waals surface area contributed by atoms with Gasteiger partial charge in [-0.05, 0) is 49.9 Å². The van der Waals surface area contributed by atoms with E-state index in [0.717, 1.165) is 51.3 Å². The largest absolute Gasteiger partial charge is 0.465 e. The van der Waals surface area contributed by atoms with Gasteiger partial charge in [-0.15, -0.1) is 0 Å². The van der Waals surface area contributed by atoms with Gasteiger partial charge in [-0.2, -0.15) is 0 Å². The second-order valence-electron chi connectivity index (χ2n) is 9.29. The highest BCUT2D eigenvalue weighted by Crippen LogP contribution is 2.41. The molecule has 1 unspecified atom stereocenters. The minimum absolute atomic E-state index is 0.0874. The first-order chi connectivity index (χ1) is 15.8. The lowest BCUT2D eigenvalue weighted by Gasteiger charge is -2.37. The Morgan fingerprint density at radius 1 is 1.09 bits per heavy atom. The summed E-state index contributed by atoms with van der Waals surface area (Å²) in [6.07, 6.45) is 1.70. The van der Waals surface area contributed by atoms with Crippen molar-refractivity contribution in [2.75, 3.05) is 57.3 Å². The molecule has 0 aromatic heterocycles. The van der Waals surface area contributed by atoms with E-state index in [-0.39, 0.29) is 30.2 Å². The molecule has 3 N–H and O–H groups in total. The van der Waals surface area contributed by atoms with Gasteiger partial charge in [-0.1, -0.05) is 0 Å². The lowest BCUT2D eigenvalue weighted by atomic mass is 9.75. The molecule has 1 spiro atoms. The molecule has 1 atom stereocenters. The molecule has 3 amide bonds. The summed E-state index contributed by atoms with van der Waals surface area (Å²) in [5.74, 6) is -0.382. The zero-order valence-corrected chi connectivity index (χ0v) is 18.8. The van der Waals surface area contributed by atoms with Crippen molar-refractivity contribution in [1.29, 1.82) is 0 Å². The van der Waals surface area contributed by atoms with E-state index in [1.54, 1.807) is 4.90 Å². The molecule has 9 nitrogen and oxygen atoms in total. The van der Waals surface area contributed by atoms with Gasteiger partial charge >= 0.3 is 6.09 Å². The Hall–Kier alpha value is -2.88. The van der Waals surface area contributed by atoms with E-state index in [4.69, 9.17) is 5.11 Å². The quantitative estimate of drug-likeness (QED) is 0.586. The summed E-state index contributed by atoms with van der Waals surface area (Å²) in [5, 5.41) is 13.9. The van der Waals surface area contributed by atoms with Crippen LogP contribution in [0, 0.1) is 11.2 Å². The zero-order chi connectivity index (χ0) is 23.4. The maximum absolute atomic E-state index is 13.1. The number of carbonyl (C=O) groups is 3. The van der Waals surface area contributed by atoms with Crippen LogP contribution in [0.1, 0.15) is 25.7 Å². The number of benzene rings is 1. The van der Waals surface area contributed by atoms with E-state index in [1.807, 2.05) is 12.1 Å². The highest BCUT2D eigenvalue weighted by molar-refractivity contribution is 5.86. The molecular weight excluding hydrogens is 429 g/mol. The first kappa shape index (κ1) is 23.3. The maximum Gasteiger partial charge on any atom is 0.405 e. The number of rotatable bonds is 6. The predicted molar refractivity (Wildman–Crippen MR) is 120 cm³/mol. The van der Waals surface area contributed by atoms with Crippen LogP contribution < -0.4 is 15.5 Å². The summed E-state index contributed by atoms with van der Waals surface area (Å²) >= 11 is 0. The lowest BCUT2D eigenvalue weighted by molar-refractivity contribution is -0.137. The number of carboxylic acid groups (broad SMARTS) is 1. The van der Waals surface area contributed by atoms with Gasteiger partial charge in [0, 0.05) is 57.5 Å². The number of likely N-dealkylation sites (tertiary alicyclic amines) is 1. The molecule has 0 saturated carbocycles. The Bertz CT molecular complexity index is 864. The predicted octanol–water partition coefficient (Wildman–Crippen LogP) is 1.10. The molecule has 10 heteroatoms. The Labute approximate surface area is 192 Å². The Morgan fingerprint density at radius 2 is 1.76 bits per heavy atom. The van der Waals surface area contributed by atoms with Crippen LogP contribution in [0.5, 0.6) is 0 Å². The summed E-state index contributed by atoms with van der Waals surface area (Å²) in [5.41, 5.74) is 0.632. The molecule has 1 aromatic carbocycles. The van der Waals surface area contributed by atoms with Crippen LogP contribution in [0.25, 0.3) is 0 Å². The summed E-state index contributed by atoms with van der Waals surface area (Å²) in [6, 6.07) is 6.77. The average molecular weight is 462 g/mol. The van der Waals surface area contributed by atoms with Crippen LogP contribution >= 0.6 is 0 Å². The minimum Gasteiger partial charge on any atom is -0.465 e. The van der Waals surface area contributed by atoms with Crippen molar-refractivity contribution in [3.63, 3.8) is 0 Å². The van der Waals surface area contributed by atoms with E-state index < -0.39 is 11.5 Å². The third kappa shape index (κ3) is 5.55. The summed E-state index contributed by atoms with van der Waals surface area (Å²) < 4.78 is 13.1. The van der Waals surface area contributed by atoms with Gasteiger partial charge in [0.2, 0.25) is 11.8 Å². The normalized spacial score (nSPS) is 22.9. The molecular formula is C23H32FN5O4. The molecule has 3 fully saturated rings. The standard InChI is InChI=1S/C23H32FN5O4/c24-17-1-3-19(4-2-17)28-13-11-27(12-14-28)8-5-18-15-23(21(31)26-18)6-9-29(10-7-23)20(30)16-25-22(32)33/h1-4,18,25H,5-16H2,(H,26,31)(H,32,33). The van der Waals surface area contributed by atoms with Crippen LogP contribution in [0.3, 0.4) is 0 Å². The van der Waals surface area contributed by atoms with E-state index in [1.165, 1.54) is 12.1 Å².